The van der Waals surface area contributed by atoms with Gasteiger partial charge in [0.25, 0.3) is 0 Å². The van der Waals surface area contributed by atoms with Crippen LogP contribution in [-0.4, -0.2) is 38.2 Å². The minimum absolute atomic E-state index is 0.267. The summed E-state index contributed by atoms with van der Waals surface area (Å²) in [6.45, 7) is 11.2. The normalized spacial score (nSPS) is 15.9. The lowest BCUT2D eigenvalue weighted by atomic mass is 9.69. The Bertz CT molecular complexity index is 1460. The van der Waals surface area contributed by atoms with Gasteiger partial charge in [0.15, 0.2) is 0 Å². The number of nitrogens with two attached hydrogens (primary N) is 2. The molecule has 0 radical (unpaired) electrons. The Labute approximate surface area is 244 Å². The van der Waals surface area contributed by atoms with Gasteiger partial charge < -0.3 is 20.2 Å². The largest absolute Gasteiger partial charge is 0.492 e. The fourth-order valence-corrected chi connectivity index (χ4v) is 6.72. The van der Waals surface area contributed by atoms with E-state index in [-0.39, 0.29) is 11.9 Å². The Hall–Kier alpha value is -3.55. The van der Waals surface area contributed by atoms with Gasteiger partial charge in [-0.3, -0.25) is 9.69 Å². The number of aryl methyl sites for hydroxylation is 2. The fourth-order valence-electron chi connectivity index (χ4n) is 6.72. The van der Waals surface area contributed by atoms with E-state index in [4.69, 9.17) is 21.1 Å². The summed E-state index contributed by atoms with van der Waals surface area (Å²) in [7, 11) is 3.22. The van der Waals surface area contributed by atoms with E-state index >= 15 is 0 Å². The second-order valence-corrected chi connectivity index (χ2v) is 12.3. The molecule has 218 valence electrons. The SMILES string of the molecule is COC(=O)C(C)(C)C(c1ccc(C)c(CN2CCOc3c(ccc4c3CCC4)C2)c1)c1ccc(N(C)N)c(N)c1C. The quantitative estimate of drug-likeness (QED) is 0.174. The predicted molar refractivity (Wildman–Crippen MR) is 165 cm³/mol. The van der Waals surface area contributed by atoms with Crippen molar-refractivity contribution >= 4 is 17.3 Å². The first-order valence-electron chi connectivity index (χ1n) is 14.6. The van der Waals surface area contributed by atoms with E-state index in [1.807, 2.05) is 32.9 Å². The molecule has 5 rings (SSSR count). The molecule has 7 nitrogen and oxygen atoms in total. The minimum atomic E-state index is -0.843. The molecule has 1 heterocycles. The molecule has 3 aromatic rings. The molecule has 1 aliphatic heterocycles. The molecule has 0 amide bonds. The summed E-state index contributed by atoms with van der Waals surface area (Å²) in [5.41, 5.74) is 16.6. The summed E-state index contributed by atoms with van der Waals surface area (Å²) in [4.78, 5) is 15.7. The van der Waals surface area contributed by atoms with Gasteiger partial charge in [0.2, 0.25) is 0 Å². The van der Waals surface area contributed by atoms with Crippen molar-refractivity contribution in [2.75, 3.05) is 38.1 Å². The molecule has 1 unspecified atom stereocenters. The van der Waals surface area contributed by atoms with E-state index in [2.05, 4.69) is 42.2 Å². The molecule has 0 aromatic heterocycles. The monoisotopic (exact) mass is 556 g/mol. The van der Waals surface area contributed by atoms with Crippen LogP contribution in [0.4, 0.5) is 11.4 Å². The van der Waals surface area contributed by atoms with Gasteiger partial charge in [-0.15, -0.1) is 0 Å². The number of carbonyl (C=O) groups is 1. The topological polar surface area (TPSA) is 94.0 Å². The van der Waals surface area contributed by atoms with Crippen molar-refractivity contribution < 1.29 is 14.3 Å². The van der Waals surface area contributed by atoms with E-state index in [1.165, 1.54) is 46.4 Å². The molecule has 41 heavy (non-hydrogen) atoms. The van der Waals surface area contributed by atoms with Crippen molar-refractivity contribution in [3.05, 3.63) is 87.0 Å². The molecule has 4 N–H and O–H groups in total. The van der Waals surface area contributed by atoms with Gasteiger partial charge in [-0.1, -0.05) is 36.4 Å². The number of hydrazine groups is 1. The number of nitrogens with zero attached hydrogens (tertiary/aromatic N) is 2. The Morgan fingerprint density at radius 3 is 2.61 bits per heavy atom. The molecule has 1 aliphatic carbocycles. The zero-order chi connectivity index (χ0) is 29.5. The Morgan fingerprint density at radius 2 is 1.88 bits per heavy atom. The lowest BCUT2D eigenvalue weighted by molar-refractivity contribution is -0.151. The van der Waals surface area contributed by atoms with Crippen LogP contribution in [0.5, 0.6) is 5.75 Å². The van der Waals surface area contributed by atoms with Crippen LogP contribution >= 0.6 is 0 Å². The first kappa shape index (κ1) is 29.0. The second kappa shape index (κ2) is 11.4. The number of carbonyl (C=O) groups excluding carboxylic acids is 1. The highest BCUT2D eigenvalue weighted by Gasteiger charge is 2.41. The summed E-state index contributed by atoms with van der Waals surface area (Å²) in [5, 5.41) is 1.52. The Kier molecular flexibility index (Phi) is 8.04. The average Bonchev–Trinajstić information content (AvgIpc) is 3.32. The van der Waals surface area contributed by atoms with Gasteiger partial charge in [-0.25, -0.2) is 5.84 Å². The highest BCUT2D eigenvalue weighted by molar-refractivity contribution is 5.80. The fraction of sp³-hybridized carbons (Fsp3) is 0.441. The van der Waals surface area contributed by atoms with Crippen LogP contribution in [0, 0.1) is 19.3 Å². The highest BCUT2D eigenvalue weighted by Crippen LogP contribution is 2.45. The number of rotatable bonds is 7. The molecule has 3 aromatic carbocycles. The number of methoxy groups -OCH3 is 1. The standard InChI is InChI=1S/C34H44N4O3/c1-21-10-11-24(30(34(3,4)33(39)40-6)27-14-15-29(37(5)36)31(35)22(27)2)18-26(21)20-38-16-17-41-32-25(19-38)13-12-23-8-7-9-28(23)32/h10-15,18,30H,7-9,16-17,19-20,35-36H2,1-6H3. The number of esters is 1. The van der Waals surface area contributed by atoms with Gasteiger partial charge in [0, 0.05) is 38.2 Å². The van der Waals surface area contributed by atoms with Crippen molar-refractivity contribution in [1.29, 1.82) is 0 Å². The van der Waals surface area contributed by atoms with E-state index < -0.39 is 5.41 Å². The molecule has 0 saturated heterocycles. The smallest absolute Gasteiger partial charge is 0.312 e. The van der Waals surface area contributed by atoms with Gasteiger partial charge in [-0.2, -0.15) is 0 Å². The lowest BCUT2D eigenvalue weighted by Crippen LogP contribution is -2.34. The number of ether oxygens (including phenoxy) is 2. The molecular formula is C34H44N4O3. The first-order valence-corrected chi connectivity index (χ1v) is 14.6. The summed E-state index contributed by atoms with van der Waals surface area (Å²) in [6.07, 6.45) is 3.48. The molecule has 2 aliphatic rings. The zero-order valence-electron chi connectivity index (χ0n) is 25.3. The zero-order valence-corrected chi connectivity index (χ0v) is 25.3. The van der Waals surface area contributed by atoms with Crippen LogP contribution in [0.2, 0.25) is 0 Å². The molecule has 7 heteroatoms. The van der Waals surface area contributed by atoms with Crippen LogP contribution in [0.15, 0.2) is 42.5 Å². The second-order valence-electron chi connectivity index (χ2n) is 12.3. The summed E-state index contributed by atoms with van der Waals surface area (Å²) >= 11 is 0. The van der Waals surface area contributed by atoms with Crippen LogP contribution in [0.3, 0.4) is 0 Å². The Balaban J connectivity index is 1.52. The molecule has 0 bridgehead atoms. The van der Waals surface area contributed by atoms with Crippen LogP contribution in [0.1, 0.15) is 70.7 Å². The summed E-state index contributed by atoms with van der Waals surface area (Å²) < 4.78 is 11.6. The maximum Gasteiger partial charge on any atom is 0.312 e. The van der Waals surface area contributed by atoms with Gasteiger partial charge in [0.1, 0.15) is 12.4 Å². The highest BCUT2D eigenvalue weighted by atomic mass is 16.5. The molecule has 0 saturated carbocycles. The van der Waals surface area contributed by atoms with Gasteiger partial charge in [0.05, 0.1) is 23.9 Å². The van der Waals surface area contributed by atoms with Gasteiger partial charge >= 0.3 is 5.97 Å². The molecule has 0 spiro atoms. The van der Waals surface area contributed by atoms with Gasteiger partial charge in [-0.05, 0) is 92.0 Å². The van der Waals surface area contributed by atoms with Crippen molar-refractivity contribution in [1.82, 2.24) is 4.90 Å². The maximum absolute atomic E-state index is 13.2. The summed E-state index contributed by atoms with van der Waals surface area (Å²) in [6, 6.07) is 15.1. The number of hydrogen-bond donors (Lipinski definition) is 2. The van der Waals surface area contributed by atoms with Crippen molar-refractivity contribution in [3.63, 3.8) is 0 Å². The van der Waals surface area contributed by atoms with E-state index in [0.29, 0.717) is 12.3 Å². The van der Waals surface area contributed by atoms with Crippen LogP contribution in [-0.2, 0) is 35.5 Å². The van der Waals surface area contributed by atoms with Crippen molar-refractivity contribution in [2.24, 2.45) is 11.3 Å². The van der Waals surface area contributed by atoms with E-state index in [0.717, 1.165) is 60.6 Å². The average molecular weight is 557 g/mol. The third-order valence-corrected chi connectivity index (χ3v) is 9.12. The lowest BCUT2D eigenvalue weighted by Gasteiger charge is -2.35. The third kappa shape index (κ3) is 5.41. The number of anilines is 2. The van der Waals surface area contributed by atoms with Crippen LogP contribution in [0.25, 0.3) is 0 Å². The number of hydrogen-bond acceptors (Lipinski definition) is 7. The predicted octanol–water partition coefficient (Wildman–Crippen LogP) is 5.41. The first-order chi connectivity index (χ1) is 19.5. The number of nitrogen functional groups attached to an aromatic ring is 1. The van der Waals surface area contributed by atoms with Crippen LogP contribution < -0.4 is 21.3 Å². The van der Waals surface area contributed by atoms with Crippen molar-refractivity contribution in [3.8, 4) is 5.75 Å². The van der Waals surface area contributed by atoms with E-state index in [9.17, 15) is 4.79 Å². The number of benzene rings is 3. The summed E-state index contributed by atoms with van der Waals surface area (Å²) in [5.74, 6) is 6.61. The van der Waals surface area contributed by atoms with E-state index in [1.54, 1.807) is 7.05 Å². The maximum atomic E-state index is 13.2. The molecule has 0 fully saturated rings. The molecule has 1 atom stereocenters. The molecular weight excluding hydrogens is 512 g/mol. The van der Waals surface area contributed by atoms with Crippen molar-refractivity contribution in [2.45, 2.75) is 66.0 Å². The number of fused-ring (bicyclic) bond motifs is 3. The third-order valence-electron chi connectivity index (χ3n) is 9.12. The minimum Gasteiger partial charge on any atom is -0.492 e. The Morgan fingerprint density at radius 1 is 1.12 bits per heavy atom.